The van der Waals surface area contributed by atoms with Gasteiger partial charge in [-0.1, -0.05) is 6.92 Å². The van der Waals surface area contributed by atoms with Crippen LogP contribution in [0.1, 0.15) is 12.6 Å². The minimum Gasteiger partial charge on any atom is -0.333 e. The van der Waals surface area contributed by atoms with Crippen LogP contribution in [0, 0.1) is 0 Å². The van der Waals surface area contributed by atoms with Gasteiger partial charge in [0.2, 0.25) is 0 Å². The third-order valence-electron chi connectivity index (χ3n) is 1.53. The van der Waals surface area contributed by atoms with Crippen molar-refractivity contribution in [2.24, 2.45) is 5.73 Å². The molecule has 1 aromatic heterocycles. The highest BCUT2D eigenvalue weighted by molar-refractivity contribution is 4.97. The summed E-state index contributed by atoms with van der Waals surface area (Å²) in [7, 11) is 0. The molecule has 0 unspecified atom stereocenters. The van der Waals surface area contributed by atoms with E-state index in [9.17, 15) is 0 Å². The molecule has 0 aliphatic carbocycles. The fraction of sp³-hybridized carbons (Fsp3) is 0.571. The average molecular weight is 139 g/mol. The molecule has 1 heterocycles. The summed E-state index contributed by atoms with van der Waals surface area (Å²) < 4.78 is 2.08. The minimum atomic E-state index is 0.684. The highest BCUT2D eigenvalue weighted by Crippen LogP contribution is 1.98. The first-order valence-electron chi connectivity index (χ1n) is 3.57. The normalized spacial score (nSPS) is 10.2. The Morgan fingerprint density at radius 2 is 2.50 bits per heavy atom. The molecular formula is C7H13N3. The monoisotopic (exact) mass is 139 g/mol. The van der Waals surface area contributed by atoms with Gasteiger partial charge in [-0.3, -0.25) is 0 Å². The van der Waals surface area contributed by atoms with Crippen molar-refractivity contribution < 1.29 is 0 Å². The zero-order chi connectivity index (χ0) is 7.40. The first kappa shape index (κ1) is 7.28. The highest BCUT2D eigenvalue weighted by atomic mass is 15.0. The molecule has 56 valence electrons. The van der Waals surface area contributed by atoms with Gasteiger partial charge in [0.05, 0.1) is 6.33 Å². The summed E-state index contributed by atoms with van der Waals surface area (Å²) in [5.41, 5.74) is 6.65. The second-order valence-electron chi connectivity index (χ2n) is 2.22. The van der Waals surface area contributed by atoms with Gasteiger partial charge in [0.25, 0.3) is 0 Å². The van der Waals surface area contributed by atoms with Crippen molar-refractivity contribution in [1.29, 1.82) is 0 Å². The van der Waals surface area contributed by atoms with E-state index in [2.05, 4.69) is 16.5 Å². The van der Waals surface area contributed by atoms with Gasteiger partial charge in [-0.25, -0.2) is 4.98 Å². The van der Waals surface area contributed by atoms with Gasteiger partial charge in [0.15, 0.2) is 0 Å². The highest BCUT2D eigenvalue weighted by Gasteiger charge is 1.95. The Hall–Kier alpha value is -0.830. The molecule has 0 aliphatic heterocycles. The number of hydrogen-bond donors (Lipinski definition) is 1. The van der Waals surface area contributed by atoms with Crippen molar-refractivity contribution in [3.63, 3.8) is 0 Å². The van der Waals surface area contributed by atoms with Crippen molar-refractivity contribution in [1.82, 2.24) is 9.55 Å². The Labute approximate surface area is 60.9 Å². The van der Waals surface area contributed by atoms with Crippen LogP contribution in [-0.4, -0.2) is 16.1 Å². The number of aryl methyl sites for hydroxylation is 1. The van der Waals surface area contributed by atoms with Gasteiger partial charge in [-0.05, 0) is 6.42 Å². The summed E-state index contributed by atoms with van der Waals surface area (Å²) in [4.78, 5) is 4.02. The molecule has 0 aromatic carbocycles. The molecule has 1 aromatic rings. The van der Waals surface area contributed by atoms with Crippen LogP contribution >= 0.6 is 0 Å². The van der Waals surface area contributed by atoms with E-state index >= 15 is 0 Å². The first-order valence-corrected chi connectivity index (χ1v) is 3.57. The van der Waals surface area contributed by atoms with E-state index in [0.717, 1.165) is 13.0 Å². The number of hydrogen-bond acceptors (Lipinski definition) is 2. The third-order valence-corrected chi connectivity index (χ3v) is 1.53. The molecule has 2 N–H and O–H groups in total. The Kier molecular flexibility index (Phi) is 2.45. The Morgan fingerprint density at radius 1 is 1.70 bits per heavy atom. The topological polar surface area (TPSA) is 43.8 Å². The number of nitrogens with two attached hydrogens (primary N) is 1. The molecule has 0 bridgehead atoms. The van der Waals surface area contributed by atoms with Crippen LogP contribution < -0.4 is 5.73 Å². The minimum absolute atomic E-state index is 0.684. The molecule has 0 saturated carbocycles. The lowest BCUT2D eigenvalue weighted by atomic mass is 10.3. The van der Waals surface area contributed by atoms with E-state index < -0.39 is 0 Å². The van der Waals surface area contributed by atoms with Gasteiger partial charge in [0, 0.05) is 25.0 Å². The van der Waals surface area contributed by atoms with Gasteiger partial charge < -0.3 is 10.3 Å². The van der Waals surface area contributed by atoms with E-state index in [-0.39, 0.29) is 0 Å². The quantitative estimate of drug-likeness (QED) is 0.659. The summed E-state index contributed by atoms with van der Waals surface area (Å²) in [5.74, 6) is 0. The molecule has 0 aliphatic rings. The summed E-state index contributed by atoms with van der Waals surface area (Å²) in [5, 5.41) is 0. The molecule has 10 heavy (non-hydrogen) atoms. The number of rotatable bonds is 3. The largest absolute Gasteiger partial charge is 0.333 e. The lowest BCUT2D eigenvalue weighted by Gasteiger charge is -2.02. The average Bonchev–Trinajstić information content (AvgIpc) is 2.36. The smallest absolute Gasteiger partial charge is 0.0948 e. The van der Waals surface area contributed by atoms with E-state index in [4.69, 9.17) is 5.73 Å². The maximum Gasteiger partial charge on any atom is 0.0948 e. The van der Waals surface area contributed by atoms with E-state index in [1.165, 1.54) is 5.69 Å². The van der Waals surface area contributed by atoms with Gasteiger partial charge in [-0.15, -0.1) is 0 Å². The van der Waals surface area contributed by atoms with E-state index in [0.29, 0.717) is 6.54 Å². The van der Waals surface area contributed by atoms with Crippen molar-refractivity contribution in [2.75, 3.05) is 6.54 Å². The summed E-state index contributed by atoms with van der Waals surface area (Å²) in [6.07, 6.45) is 4.74. The molecule has 0 atom stereocenters. The summed E-state index contributed by atoms with van der Waals surface area (Å²) in [6, 6.07) is 0. The predicted molar refractivity (Wildman–Crippen MR) is 40.7 cm³/mol. The first-order chi connectivity index (χ1) is 4.88. The molecule has 3 heteroatoms. The van der Waals surface area contributed by atoms with Gasteiger partial charge >= 0.3 is 0 Å². The number of aromatic nitrogens is 2. The lowest BCUT2D eigenvalue weighted by molar-refractivity contribution is 0.675. The van der Waals surface area contributed by atoms with Gasteiger partial charge in [0.1, 0.15) is 0 Å². The zero-order valence-electron chi connectivity index (χ0n) is 6.25. The number of nitrogens with zero attached hydrogens (tertiary/aromatic N) is 2. The van der Waals surface area contributed by atoms with Crippen LogP contribution in [0.15, 0.2) is 12.5 Å². The van der Waals surface area contributed by atoms with Crippen molar-refractivity contribution in [3.05, 3.63) is 18.2 Å². The Balaban J connectivity index is 2.70. The maximum atomic E-state index is 5.39. The number of imidazole rings is 1. The molecule has 0 saturated heterocycles. The van der Waals surface area contributed by atoms with Crippen LogP contribution in [-0.2, 0) is 13.0 Å². The molecule has 0 radical (unpaired) electrons. The summed E-state index contributed by atoms with van der Waals surface area (Å²) in [6.45, 7) is 3.68. The van der Waals surface area contributed by atoms with Crippen molar-refractivity contribution >= 4 is 0 Å². The Morgan fingerprint density at radius 3 is 3.10 bits per heavy atom. The molecule has 0 fully saturated rings. The predicted octanol–water partition coefficient (Wildman–Crippen LogP) is 0.404. The molecular weight excluding hydrogens is 126 g/mol. The molecule has 0 amide bonds. The van der Waals surface area contributed by atoms with Crippen LogP contribution in [0.5, 0.6) is 0 Å². The summed E-state index contributed by atoms with van der Waals surface area (Å²) >= 11 is 0. The van der Waals surface area contributed by atoms with E-state index in [1.807, 2.05) is 12.5 Å². The van der Waals surface area contributed by atoms with Crippen LogP contribution in [0.25, 0.3) is 0 Å². The second-order valence-corrected chi connectivity index (χ2v) is 2.22. The standard InChI is InChI=1S/C7H13N3/c1-2-7-5-9-6-10(7)4-3-8/h5-6H,2-4,8H2,1H3. The second kappa shape index (κ2) is 3.37. The van der Waals surface area contributed by atoms with Crippen LogP contribution in [0.4, 0.5) is 0 Å². The molecule has 0 spiro atoms. The van der Waals surface area contributed by atoms with E-state index in [1.54, 1.807) is 0 Å². The fourth-order valence-electron chi connectivity index (χ4n) is 0.983. The fourth-order valence-corrected chi connectivity index (χ4v) is 0.983. The molecule has 3 nitrogen and oxygen atoms in total. The SMILES string of the molecule is CCc1cncn1CCN. The molecule has 1 rings (SSSR count). The van der Waals surface area contributed by atoms with Gasteiger partial charge in [-0.2, -0.15) is 0 Å². The van der Waals surface area contributed by atoms with Crippen molar-refractivity contribution in [2.45, 2.75) is 19.9 Å². The van der Waals surface area contributed by atoms with Crippen LogP contribution in [0.2, 0.25) is 0 Å². The Bertz CT molecular complexity index is 192. The zero-order valence-corrected chi connectivity index (χ0v) is 6.25. The maximum absolute atomic E-state index is 5.39. The van der Waals surface area contributed by atoms with Crippen molar-refractivity contribution in [3.8, 4) is 0 Å². The third kappa shape index (κ3) is 1.36. The lowest BCUT2D eigenvalue weighted by Crippen LogP contribution is -2.10. The van der Waals surface area contributed by atoms with Crippen LogP contribution in [0.3, 0.4) is 0 Å².